The Labute approximate surface area is 48.0 Å². The maximum Gasteiger partial charge on any atom is 0.0586 e. The van der Waals surface area contributed by atoms with Crippen LogP contribution >= 0.6 is 0 Å². The lowest BCUT2D eigenvalue weighted by Crippen LogP contribution is -2.09. The lowest BCUT2D eigenvalue weighted by atomic mass is 10.7. The third-order valence-corrected chi connectivity index (χ3v) is 0.805. The monoisotopic (exact) mass is 109 g/mol. The second-order valence-electron chi connectivity index (χ2n) is 1.35. The number of hydrogen-bond acceptors (Lipinski definition) is 3. The van der Waals surface area contributed by atoms with Crippen molar-refractivity contribution in [3.8, 4) is 0 Å². The number of nitrogens with zero attached hydrogens (tertiary/aromatic N) is 3. The molecule has 0 amide bonds. The average Bonchev–Trinajstić information content (AvgIpc) is 1.90. The molecule has 8 heavy (non-hydrogen) atoms. The Balaban J connectivity index is 2.62. The van der Waals surface area contributed by atoms with Crippen molar-refractivity contribution in [2.24, 2.45) is 10.2 Å². The van der Waals surface area contributed by atoms with E-state index in [4.69, 9.17) is 0 Å². The minimum Gasteiger partial charge on any atom is -0.177 e. The predicted molar refractivity (Wildman–Crippen MR) is 32.9 cm³/mol. The highest BCUT2D eigenvalue weighted by Crippen LogP contribution is 1.88. The van der Waals surface area contributed by atoms with Gasteiger partial charge in [0.2, 0.25) is 0 Å². The molecule has 0 saturated carbocycles. The van der Waals surface area contributed by atoms with E-state index < -0.39 is 0 Å². The van der Waals surface area contributed by atoms with Crippen LogP contribution in [0.15, 0.2) is 16.3 Å². The van der Waals surface area contributed by atoms with Gasteiger partial charge in [0.25, 0.3) is 0 Å². The van der Waals surface area contributed by atoms with E-state index in [1.165, 1.54) is 0 Å². The van der Waals surface area contributed by atoms with E-state index in [9.17, 15) is 0 Å². The molecule has 0 aliphatic carbocycles. The maximum atomic E-state index is 3.87. The smallest absolute Gasteiger partial charge is 0.0586 e. The molecule has 0 radical (unpaired) electrons. The minimum absolute atomic E-state index is 0.803. The van der Waals surface area contributed by atoms with Crippen LogP contribution in [0.4, 0.5) is 0 Å². The van der Waals surface area contributed by atoms with Gasteiger partial charge in [0.15, 0.2) is 0 Å². The van der Waals surface area contributed by atoms with Gasteiger partial charge in [-0.05, 0) is 6.92 Å². The Morgan fingerprint density at radius 3 is 3.00 bits per heavy atom. The van der Waals surface area contributed by atoms with Gasteiger partial charge in [-0.2, -0.15) is 10.2 Å². The zero-order chi connectivity index (χ0) is 5.82. The van der Waals surface area contributed by atoms with E-state index in [0.29, 0.717) is 0 Å². The van der Waals surface area contributed by atoms with Crippen LogP contribution in [-0.2, 0) is 0 Å². The van der Waals surface area contributed by atoms with Crippen LogP contribution < -0.4 is 0 Å². The largest absolute Gasteiger partial charge is 0.177 e. The van der Waals surface area contributed by atoms with Crippen molar-refractivity contribution in [2.75, 3.05) is 6.54 Å². The standard InChI is InChI=1S/C5H7N3/c1-2-8-6-4-3-5-7-8/h3-4H,2H2,1H3. The van der Waals surface area contributed by atoms with Crippen LogP contribution in [-0.4, -0.2) is 23.7 Å². The van der Waals surface area contributed by atoms with Crippen molar-refractivity contribution >= 4 is 12.1 Å². The fourth-order valence-corrected chi connectivity index (χ4v) is 0.422. The summed E-state index contributed by atoms with van der Waals surface area (Å²) in [6.45, 7) is 2.78. The number of rotatable bonds is 1. The SMILES string of the molecule is CCN1N=C=CC=N1. The van der Waals surface area contributed by atoms with Crippen LogP contribution in [0.2, 0.25) is 0 Å². The molecule has 0 saturated heterocycles. The van der Waals surface area contributed by atoms with Crippen LogP contribution in [0.5, 0.6) is 0 Å². The van der Waals surface area contributed by atoms with Crippen LogP contribution in [0, 0.1) is 0 Å². The number of allylic oxidation sites excluding steroid dienone is 1. The van der Waals surface area contributed by atoms with Crippen molar-refractivity contribution in [2.45, 2.75) is 6.92 Å². The summed E-state index contributed by atoms with van der Waals surface area (Å²) >= 11 is 0. The number of hydrogen-bond donors (Lipinski definition) is 0. The molecule has 0 spiro atoms. The van der Waals surface area contributed by atoms with Gasteiger partial charge in [-0.25, -0.2) is 0 Å². The molecule has 0 aromatic carbocycles. The Morgan fingerprint density at radius 2 is 2.62 bits per heavy atom. The Bertz CT molecular complexity index is 153. The van der Waals surface area contributed by atoms with Gasteiger partial charge in [-0.15, -0.1) is 5.10 Å². The quantitative estimate of drug-likeness (QED) is 0.480. The fraction of sp³-hybridized carbons (Fsp3) is 0.400. The molecule has 0 fully saturated rings. The zero-order valence-electron chi connectivity index (χ0n) is 4.70. The van der Waals surface area contributed by atoms with Crippen LogP contribution in [0.3, 0.4) is 0 Å². The van der Waals surface area contributed by atoms with Crippen molar-refractivity contribution in [1.29, 1.82) is 0 Å². The van der Waals surface area contributed by atoms with Crippen molar-refractivity contribution < 1.29 is 0 Å². The van der Waals surface area contributed by atoms with Crippen LogP contribution in [0.25, 0.3) is 0 Å². The molecule has 1 aliphatic heterocycles. The van der Waals surface area contributed by atoms with Crippen molar-refractivity contribution in [3.63, 3.8) is 0 Å². The van der Waals surface area contributed by atoms with Gasteiger partial charge in [-0.3, -0.25) is 0 Å². The van der Waals surface area contributed by atoms with E-state index in [2.05, 4.69) is 16.1 Å². The predicted octanol–water partition coefficient (Wildman–Crippen LogP) is 0.449. The average molecular weight is 109 g/mol. The third-order valence-electron chi connectivity index (χ3n) is 0.805. The molecule has 0 unspecified atom stereocenters. The van der Waals surface area contributed by atoms with Gasteiger partial charge in [0.1, 0.15) is 0 Å². The molecule has 3 heteroatoms. The third kappa shape index (κ3) is 0.950. The minimum atomic E-state index is 0.803. The summed E-state index contributed by atoms with van der Waals surface area (Å²) in [5.74, 6) is 2.66. The summed E-state index contributed by atoms with van der Waals surface area (Å²) < 4.78 is 0. The lowest BCUT2D eigenvalue weighted by molar-refractivity contribution is 0.325. The molecule has 0 aromatic rings. The van der Waals surface area contributed by atoms with Crippen molar-refractivity contribution in [1.82, 2.24) is 5.12 Å². The van der Waals surface area contributed by atoms with E-state index >= 15 is 0 Å². The molecule has 1 heterocycles. The first-order chi connectivity index (χ1) is 3.93. The summed E-state index contributed by atoms with van der Waals surface area (Å²) in [5, 5.41) is 9.22. The highest BCUT2D eigenvalue weighted by Gasteiger charge is 1.89. The molecule has 0 atom stereocenters. The molecular weight excluding hydrogens is 102 g/mol. The zero-order valence-corrected chi connectivity index (χ0v) is 4.70. The molecule has 0 aromatic heterocycles. The second-order valence-corrected chi connectivity index (χ2v) is 1.35. The first-order valence-corrected chi connectivity index (χ1v) is 2.53. The van der Waals surface area contributed by atoms with Gasteiger partial charge in [0, 0.05) is 11.9 Å². The highest BCUT2D eigenvalue weighted by molar-refractivity contribution is 5.83. The van der Waals surface area contributed by atoms with E-state index in [1.807, 2.05) is 6.92 Å². The molecule has 1 aliphatic rings. The van der Waals surface area contributed by atoms with E-state index in [-0.39, 0.29) is 0 Å². The van der Waals surface area contributed by atoms with Gasteiger partial charge >= 0.3 is 0 Å². The summed E-state index contributed by atoms with van der Waals surface area (Å²) in [4.78, 5) is 0. The summed E-state index contributed by atoms with van der Waals surface area (Å²) in [7, 11) is 0. The van der Waals surface area contributed by atoms with Gasteiger partial charge in [0.05, 0.1) is 12.8 Å². The Morgan fingerprint density at radius 1 is 1.75 bits per heavy atom. The summed E-state index contributed by atoms with van der Waals surface area (Å²) in [6.07, 6.45) is 3.34. The Kier molecular flexibility index (Phi) is 1.45. The molecule has 3 nitrogen and oxygen atoms in total. The molecule has 0 bridgehead atoms. The molecule has 0 N–H and O–H groups in total. The van der Waals surface area contributed by atoms with Crippen molar-refractivity contribution in [3.05, 3.63) is 6.08 Å². The molecular formula is C5H7N3. The Hall–Kier alpha value is -1.08. The fourth-order valence-electron chi connectivity index (χ4n) is 0.422. The first kappa shape index (κ1) is 5.06. The topological polar surface area (TPSA) is 28.0 Å². The normalized spacial score (nSPS) is 15.4. The van der Waals surface area contributed by atoms with Gasteiger partial charge < -0.3 is 0 Å². The summed E-state index contributed by atoms with van der Waals surface area (Å²) in [6, 6.07) is 0. The lowest BCUT2D eigenvalue weighted by Gasteiger charge is -2.06. The maximum absolute atomic E-state index is 3.87. The highest BCUT2D eigenvalue weighted by atomic mass is 15.7. The number of hydrazone groups is 2. The summed E-state index contributed by atoms with van der Waals surface area (Å²) in [5.41, 5.74) is 0. The first-order valence-electron chi connectivity index (χ1n) is 2.53. The molecule has 42 valence electrons. The molecule has 1 rings (SSSR count). The van der Waals surface area contributed by atoms with Gasteiger partial charge in [-0.1, -0.05) is 0 Å². The second kappa shape index (κ2) is 2.28. The van der Waals surface area contributed by atoms with E-state index in [0.717, 1.165) is 6.54 Å². The van der Waals surface area contributed by atoms with E-state index in [1.54, 1.807) is 17.4 Å². The van der Waals surface area contributed by atoms with Crippen LogP contribution in [0.1, 0.15) is 6.92 Å².